The molecule has 2 aromatic rings. The summed E-state index contributed by atoms with van der Waals surface area (Å²) in [5.41, 5.74) is 1.40. The summed E-state index contributed by atoms with van der Waals surface area (Å²) in [5, 5.41) is 2.85. The number of hydrogen-bond acceptors (Lipinski definition) is 6. The summed E-state index contributed by atoms with van der Waals surface area (Å²) >= 11 is 0. The van der Waals surface area contributed by atoms with E-state index in [2.05, 4.69) is 12.2 Å². The Balaban J connectivity index is 1.66. The van der Waals surface area contributed by atoms with E-state index in [0.717, 1.165) is 23.4 Å². The fourth-order valence-corrected chi connectivity index (χ4v) is 6.14. The average Bonchev–Trinajstić information content (AvgIpc) is 2.85. The van der Waals surface area contributed by atoms with Crippen LogP contribution in [0, 0.1) is 5.92 Å². The third kappa shape index (κ3) is 7.50. The summed E-state index contributed by atoms with van der Waals surface area (Å²) in [6.07, 6.45) is 2.69. The molecule has 3 rings (SSSR count). The molecular formula is C24H33N3O6S2. The average molecular weight is 524 g/mol. The van der Waals surface area contributed by atoms with Gasteiger partial charge in [0.2, 0.25) is 26.0 Å². The molecule has 11 heteroatoms. The fraction of sp³-hybridized carbons (Fsp3) is 0.458. The molecule has 0 spiro atoms. The van der Waals surface area contributed by atoms with E-state index in [1.807, 2.05) is 30.3 Å². The third-order valence-electron chi connectivity index (χ3n) is 5.95. The molecule has 0 aromatic heterocycles. The molecule has 35 heavy (non-hydrogen) atoms. The van der Waals surface area contributed by atoms with Crippen molar-refractivity contribution in [3.8, 4) is 0 Å². The van der Waals surface area contributed by atoms with Crippen LogP contribution >= 0.6 is 0 Å². The third-order valence-corrected chi connectivity index (χ3v) is 9.01. The molecule has 1 aliphatic rings. The molecule has 1 fully saturated rings. The van der Waals surface area contributed by atoms with Crippen LogP contribution in [0.25, 0.3) is 0 Å². The van der Waals surface area contributed by atoms with Crippen molar-refractivity contribution in [2.45, 2.75) is 24.7 Å². The highest BCUT2D eigenvalue weighted by atomic mass is 32.2. The molecular weight excluding hydrogens is 490 g/mol. The lowest BCUT2D eigenvalue weighted by molar-refractivity contribution is -0.119. The zero-order valence-electron chi connectivity index (χ0n) is 20.1. The molecule has 0 bridgehead atoms. The van der Waals surface area contributed by atoms with Crippen LogP contribution in [0.3, 0.4) is 0 Å². The zero-order valence-corrected chi connectivity index (χ0v) is 21.7. The quantitative estimate of drug-likeness (QED) is 0.481. The van der Waals surface area contributed by atoms with Crippen LogP contribution in [-0.2, 0) is 36.0 Å². The highest BCUT2D eigenvalue weighted by Gasteiger charge is 2.27. The van der Waals surface area contributed by atoms with E-state index in [4.69, 9.17) is 4.74 Å². The monoisotopic (exact) mass is 523 g/mol. The Hall–Kier alpha value is -2.47. The van der Waals surface area contributed by atoms with Crippen LogP contribution in [0.4, 0.5) is 5.69 Å². The highest BCUT2D eigenvalue weighted by molar-refractivity contribution is 7.92. The van der Waals surface area contributed by atoms with Crippen molar-refractivity contribution in [3.63, 3.8) is 0 Å². The summed E-state index contributed by atoms with van der Waals surface area (Å²) in [4.78, 5) is 12.7. The van der Waals surface area contributed by atoms with Gasteiger partial charge in [0.1, 0.15) is 6.54 Å². The molecule has 2 aromatic carbocycles. The molecule has 1 atom stereocenters. The van der Waals surface area contributed by atoms with Gasteiger partial charge in [0.15, 0.2) is 0 Å². The van der Waals surface area contributed by atoms with Gasteiger partial charge in [-0.25, -0.2) is 16.8 Å². The first kappa shape index (κ1) is 27.1. The number of carbonyl (C=O) groups excluding carboxylic acids is 1. The Morgan fingerprint density at radius 2 is 1.66 bits per heavy atom. The van der Waals surface area contributed by atoms with Crippen molar-refractivity contribution in [1.82, 2.24) is 9.62 Å². The molecule has 1 saturated heterocycles. The SMILES string of the molecule is CCC(CNC(=O)CN(c1ccc(S(=O)(=O)N2CCOCC2)cc1)S(C)(=O)=O)Cc1ccccc1. The molecule has 0 radical (unpaired) electrons. The molecule has 1 aliphatic heterocycles. The standard InChI is InChI=1S/C24H33N3O6S2/c1-3-20(17-21-7-5-4-6-8-21)18-25-24(28)19-27(34(2,29)30)22-9-11-23(12-10-22)35(31,32)26-13-15-33-16-14-26/h4-12,20H,3,13-19H2,1-2H3,(H,25,28). The lowest BCUT2D eigenvalue weighted by Gasteiger charge is -2.26. The number of hydrogen-bond donors (Lipinski definition) is 1. The molecule has 0 aliphatic carbocycles. The van der Waals surface area contributed by atoms with Gasteiger partial charge in [0.25, 0.3) is 0 Å². The number of morpholine rings is 1. The van der Waals surface area contributed by atoms with Crippen LogP contribution in [-0.4, -0.2) is 72.7 Å². The molecule has 1 amide bonds. The van der Waals surface area contributed by atoms with Crippen molar-refractivity contribution in [2.75, 3.05) is 50.0 Å². The van der Waals surface area contributed by atoms with Gasteiger partial charge in [-0.2, -0.15) is 4.31 Å². The van der Waals surface area contributed by atoms with Crippen molar-refractivity contribution in [1.29, 1.82) is 0 Å². The Morgan fingerprint density at radius 1 is 1.03 bits per heavy atom. The molecule has 0 saturated carbocycles. The highest BCUT2D eigenvalue weighted by Crippen LogP contribution is 2.23. The predicted octanol–water partition coefficient (Wildman–Crippen LogP) is 1.86. The number of amides is 1. The number of sulfonamides is 2. The fourth-order valence-electron chi connectivity index (χ4n) is 3.87. The lowest BCUT2D eigenvalue weighted by Crippen LogP contribution is -2.42. The number of anilines is 1. The van der Waals surface area contributed by atoms with Gasteiger partial charge in [-0.15, -0.1) is 0 Å². The van der Waals surface area contributed by atoms with Gasteiger partial charge in [-0.3, -0.25) is 9.10 Å². The minimum atomic E-state index is -3.78. The lowest BCUT2D eigenvalue weighted by atomic mass is 9.97. The second-order valence-electron chi connectivity index (χ2n) is 8.55. The van der Waals surface area contributed by atoms with E-state index in [0.29, 0.717) is 19.8 Å². The predicted molar refractivity (Wildman–Crippen MR) is 135 cm³/mol. The van der Waals surface area contributed by atoms with Crippen LogP contribution in [0.5, 0.6) is 0 Å². The van der Waals surface area contributed by atoms with Crippen LogP contribution in [0.15, 0.2) is 59.5 Å². The maximum absolute atomic E-state index is 12.8. The van der Waals surface area contributed by atoms with Crippen molar-refractivity contribution < 1.29 is 26.4 Å². The number of nitrogens with zero attached hydrogens (tertiary/aromatic N) is 2. The van der Waals surface area contributed by atoms with Gasteiger partial charge in [-0.1, -0.05) is 43.7 Å². The summed E-state index contributed by atoms with van der Waals surface area (Å²) in [5.74, 6) is -0.204. The van der Waals surface area contributed by atoms with E-state index in [-0.39, 0.29) is 29.6 Å². The van der Waals surface area contributed by atoms with Gasteiger partial charge in [0, 0.05) is 19.6 Å². The largest absolute Gasteiger partial charge is 0.379 e. The molecule has 192 valence electrons. The van der Waals surface area contributed by atoms with Crippen molar-refractivity contribution >= 4 is 31.6 Å². The van der Waals surface area contributed by atoms with E-state index in [9.17, 15) is 21.6 Å². The number of carbonyl (C=O) groups is 1. The van der Waals surface area contributed by atoms with Gasteiger partial charge >= 0.3 is 0 Å². The smallest absolute Gasteiger partial charge is 0.243 e. The summed E-state index contributed by atoms with van der Waals surface area (Å²) in [6.45, 7) is 3.28. The Kier molecular flexibility index (Phi) is 9.28. The van der Waals surface area contributed by atoms with Crippen LogP contribution < -0.4 is 9.62 Å². The normalized spacial score (nSPS) is 15.9. The number of nitrogens with one attached hydrogen (secondary N) is 1. The second-order valence-corrected chi connectivity index (χ2v) is 12.4. The summed E-state index contributed by atoms with van der Waals surface area (Å²) in [6, 6.07) is 15.5. The second kappa shape index (κ2) is 12.0. The van der Waals surface area contributed by atoms with E-state index < -0.39 is 32.5 Å². The first-order valence-electron chi connectivity index (χ1n) is 11.6. The molecule has 1 heterocycles. The number of benzene rings is 2. The van der Waals surface area contributed by atoms with Gasteiger partial charge < -0.3 is 10.1 Å². The molecule has 1 unspecified atom stereocenters. The zero-order chi connectivity index (χ0) is 25.5. The van der Waals surface area contributed by atoms with E-state index in [1.54, 1.807) is 0 Å². The maximum atomic E-state index is 12.8. The van der Waals surface area contributed by atoms with Crippen molar-refractivity contribution in [3.05, 3.63) is 60.2 Å². The minimum Gasteiger partial charge on any atom is -0.379 e. The summed E-state index contributed by atoms with van der Waals surface area (Å²) < 4.78 is 58.1. The topological polar surface area (TPSA) is 113 Å². The molecule has 9 nitrogen and oxygen atoms in total. The Bertz CT molecular complexity index is 1180. The van der Waals surface area contributed by atoms with Crippen molar-refractivity contribution in [2.24, 2.45) is 5.92 Å². The number of rotatable bonds is 11. The Labute approximate surface area is 208 Å². The first-order chi connectivity index (χ1) is 16.6. The van der Waals surface area contributed by atoms with E-state index in [1.165, 1.54) is 34.1 Å². The molecule has 1 N–H and O–H groups in total. The minimum absolute atomic E-state index is 0.0627. The van der Waals surface area contributed by atoms with Gasteiger partial charge in [-0.05, 0) is 42.2 Å². The maximum Gasteiger partial charge on any atom is 0.243 e. The van der Waals surface area contributed by atoms with Crippen LogP contribution in [0.1, 0.15) is 18.9 Å². The summed E-state index contributed by atoms with van der Waals surface area (Å²) in [7, 11) is -7.48. The Morgan fingerprint density at radius 3 is 2.23 bits per heavy atom. The van der Waals surface area contributed by atoms with Crippen LogP contribution in [0.2, 0.25) is 0 Å². The number of ether oxygens (including phenoxy) is 1. The van der Waals surface area contributed by atoms with E-state index >= 15 is 0 Å². The van der Waals surface area contributed by atoms with Gasteiger partial charge in [0.05, 0.1) is 30.1 Å². The first-order valence-corrected chi connectivity index (χ1v) is 14.9.